The summed E-state index contributed by atoms with van der Waals surface area (Å²) in [6.07, 6.45) is 2.81. The number of benzene rings is 1. The molecule has 0 amide bonds. The Kier molecular flexibility index (Phi) is 6.00. The van der Waals surface area contributed by atoms with Gasteiger partial charge in [0.15, 0.2) is 11.5 Å². The van der Waals surface area contributed by atoms with E-state index in [-0.39, 0.29) is 6.61 Å². The number of hydrogen-bond donors (Lipinski definition) is 0. The molecule has 0 spiro atoms. The highest BCUT2D eigenvalue weighted by Crippen LogP contribution is 2.27. The molecule has 0 atom stereocenters. The van der Waals surface area contributed by atoms with Crippen LogP contribution in [-0.4, -0.2) is 29.3 Å². The van der Waals surface area contributed by atoms with E-state index in [1.165, 1.54) is 45.0 Å². The Morgan fingerprint density at radius 1 is 1.04 bits per heavy atom. The molecule has 0 bridgehead atoms. The maximum Gasteiger partial charge on any atom is 0.331 e. The van der Waals surface area contributed by atoms with Gasteiger partial charge in [0.05, 0.1) is 19.9 Å². The van der Waals surface area contributed by atoms with Crippen molar-refractivity contribution in [3.8, 4) is 11.5 Å². The van der Waals surface area contributed by atoms with Crippen LogP contribution < -0.4 is 20.7 Å². The van der Waals surface area contributed by atoms with Crippen molar-refractivity contribution in [3.05, 3.63) is 62.4 Å². The summed E-state index contributed by atoms with van der Waals surface area (Å²) in [6, 6.07) is 6.45. The highest BCUT2D eigenvalue weighted by Gasteiger charge is 2.08. The molecule has 138 valence electrons. The molecule has 1 heterocycles. The molecule has 2 rings (SSSR count). The van der Waals surface area contributed by atoms with Crippen LogP contribution in [-0.2, 0) is 30.2 Å². The van der Waals surface area contributed by atoms with Crippen molar-refractivity contribution in [1.82, 2.24) is 9.13 Å². The third-order valence-corrected chi connectivity index (χ3v) is 3.81. The van der Waals surface area contributed by atoms with Gasteiger partial charge in [-0.2, -0.15) is 0 Å². The fraction of sp³-hybridized carbons (Fsp3) is 0.278. The standard InChI is InChI=1S/C18H20N2O6/c1-19-13(10-16(21)20(2)18(19)23)11-26-17(22)8-6-12-5-7-14(24-3)15(9-12)25-4/h5-10H,11H2,1-4H3/b8-6+. The molecular formula is C18H20N2O6. The average molecular weight is 360 g/mol. The minimum absolute atomic E-state index is 0.184. The number of ether oxygens (including phenoxy) is 3. The fourth-order valence-electron chi connectivity index (χ4n) is 2.23. The van der Waals surface area contributed by atoms with Crippen LogP contribution in [0, 0.1) is 0 Å². The lowest BCUT2D eigenvalue weighted by atomic mass is 10.2. The average Bonchev–Trinajstić information content (AvgIpc) is 2.66. The van der Waals surface area contributed by atoms with Crippen LogP contribution in [0.1, 0.15) is 11.3 Å². The van der Waals surface area contributed by atoms with E-state index in [0.717, 1.165) is 10.1 Å². The Morgan fingerprint density at radius 3 is 2.38 bits per heavy atom. The van der Waals surface area contributed by atoms with Crippen LogP contribution >= 0.6 is 0 Å². The Hall–Kier alpha value is -3.29. The highest BCUT2D eigenvalue weighted by molar-refractivity contribution is 5.87. The molecule has 26 heavy (non-hydrogen) atoms. The highest BCUT2D eigenvalue weighted by atomic mass is 16.5. The van der Waals surface area contributed by atoms with Crippen molar-refractivity contribution in [2.75, 3.05) is 14.2 Å². The Morgan fingerprint density at radius 2 is 1.73 bits per heavy atom. The monoisotopic (exact) mass is 360 g/mol. The Balaban J connectivity index is 2.07. The molecule has 2 aromatic rings. The van der Waals surface area contributed by atoms with E-state index in [4.69, 9.17) is 14.2 Å². The van der Waals surface area contributed by atoms with E-state index >= 15 is 0 Å². The topological polar surface area (TPSA) is 88.8 Å². The number of hydrogen-bond acceptors (Lipinski definition) is 6. The summed E-state index contributed by atoms with van der Waals surface area (Å²) in [5, 5.41) is 0. The molecular weight excluding hydrogens is 340 g/mol. The van der Waals surface area contributed by atoms with E-state index in [9.17, 15) is 14.4 Å². The van der Waals surface area contributed by atoms with Crippen LogP contribution in [0.25, 0.3) is 6.08 Å². The van der Waals surface area contributed by atoms with Gasteiger partial charge < -0.3 is 14.2 Å². The Bertz CT molecular complexity index is 955. The van der Waals surface area contributed by atoms with Crippen molar-refractivity contribution in [2.45, 2.75) is 6.61 Å². The molecule has 0 saturated heterocycles. The summed E-state index contributed by atoms with van der Waals surface area (Å²) in [5.41, 5.74) is 0.0935. The minimum Gasteiger partial charge on any atom is -0.493 e. The third-order valence-electron chi connectivity index (χ3n) is 3.81. The van der Waals surface area contributed by atoms with Crippen LogP contribution in [0.15, 0.2) is 39.9 Å². The van der Waals surface area contributed by atoms with Crippen molar-refractivity contribution in [1.29, 1.82) is 0 Å². The lowest BCUT2D eigenvalue weighted by Crippen LogP contribution is -2.38. The van der Waals surface area contributed by atoms with Gasteiger partial charge in [0, 0.05) is 26.2 Å². The van der Waals surface area contributed by atoms with E-state index in [1.54, 1.807) is 24.3 Å². The van der Waals surface area contributed by atoms with E-state index in [2.05, 4.69) is 0 Å². The molecule has 0 aliphatic heterocycles. The summed E-state index contributed by atoms with van der Waals surface area (Å²) in [5.74, 6) is 0.518. The number of rotatable bonds is 6. The summed E-state index contributed by atoms with van der Waals surface area (Å²) in [6.45, 7) is -0.184. The van der Waals surface area contributed by atoms with E-state index in [0.29, 0.717) is 17.2 Å². The number of nitrogens with zero attached hydrogens (tertiary/aromatic N) is 2. The van der Waals surface area contributed by atoms with Gasteiger partial charge in [0.25, 0.3) is 5.56 Å². The predicted molar refractivity (Wildman–Crippen MR) is 95.3 cm³/mol. The summed E-state index contributed by atoms with van der Waals surface area (Å²) < 4.78 is 17.7. The summed E-state index contributed by atoms with van der Waals surface area (Å²) in [4.78, 5) is 35.4. The van der Waals surface area contributed by atoms with Gasteiger partial charge in [-0.05, 0) is 23.8 Å². The van der Waals surface area contributed by atoms with Crippen molar-refractivity contribution in [3.63, 3.8) is 0 Å². The predicted octanol–water partition coefficient (Wildman–Crippen LogP) is 0.858. The minimum atomic E-state index is -0.604. The van der Waals surface area contributed by atoms with Gasteiger partial charge in [-0.3, -0.25) is 13.9 Å². The lowest BCUT2D eigenvalue weighted by molar-refractivity contribution is -0.139. The van der Waals surface area contributed by atoms with Gasteiger partial charge >= 0.3 is 11.7 Å². The van der Waals surface area contributed by atoms with Crippen LogP contribution in [0.5, 0.6) is 11.5 Å². The number of carbonyl (C=O) groups is 1. The molecule has 8 nitrogen and oxygen atoms in total. The normalized spacial score (nSPS) is 10.8. The van der Waals surface area contributed by atoms with Crippen LogP contribution in [0.3, 0.4) is 0 Å². The molecule has 1 aromatic carbocycles. The summed E-state index contributed by atoms with van der Waals surface area (Å²) in [7, 11) is 5.94. The zero-order chi connectivity index (χ0) is 19.3. The zero-order valence-electron chi connectivity index (χ0n) is 15.0. The second-order valence-electron chi connectivity index (χ2n) is 5.43. The van der Waals surface area contributed by atoms with Gasteiger partial charge in [0.2, 0.25) is 0 Å². The molecule has 0 aliphatic rings. The van der Waals surface area contributed by atoms with Gasteiger partial charge in [-0.1, -0.05) is 6.07 Å². The van der Waals surface area contributed by atoms with Gasteiger partial charge in [0.1, 0.15) is 6.61 Å². The van der Waals surface area contributed by atoms with Crippen LogP contribution in [0.2, 0.25) is 0 Å². The molecule has 0 N–H and O–H groups in total. The largest absolute Gasteiger partial charge is 0.493 e. The summed E-state index contributed by atoms with van der Waals surface area (Å²) >= 11 is 0. The second-order valence-corrected chi connectivity index (χ2v) is 5.43. The van der Waals surface area contributed by atoms with Crippen molar-refractivity contribution < 1.29 is 19.0 Å². The molecule has 0 aliphatic carbocycles. The first-order chi connectivity index (χ1) is 12.4. The number of aromatic nitrogens is 2. The fourth-order valence-corrected chi connectivity index (χ4v) is 2.23. The van der Waals surface area contributed by atoms with Gasteiger partial charge in [-0.25, -0.2) is 9.59 Å². The molecule has 0 radical (unpaired) electrons. The number of carbonyl (C=O) groups excluding carboxylic acids is 1. The third kappa shape index (κ3) is 4.21. The molecule has 1 aromatic heterocycles. The van der Waals surface area contributed by atoms with E-state index in [1.807, 2.05) is 0 Å². The molecule has 0 fully saturated rings. The maximum atomic E-state index is 11.9. The maximum absolute atomic E-state index is 11.9. The van der Waals surface area contributed by atoms with Crippen molar-refractivity contribution in [2.24, 2.45) is 14.1 Å². The number of esters is 1. The zero-order valence-corrected chi connectivity index (χ0v) is 15.0. The first kappa shape index (κ1) is 19.0. The SMILES string of the molecule is COc1ccc(/C=C/C(=O)OCc2cc(=O)n(C)c(=O)n2C)cc1OC. The van der Waals surface area contributed by atoms with Gasteiger partial charge in [-0.15, -0.1) is 0 Å². The molecule has 0 saturated carbocycles. The Labute approximate surface area is 149 Å². The smallest absolute Gasteiger partial charge is 0.331 e. The second kappa shape index (κ2) is 8.19. The first-order valence-electron chi connectivity index (χ1n) is 7.70. The van der Waals surface area contributed by atoms with E-state index < -0.39 is 17.2 Å². The van der Waals surface area contributed by atoms with Crippen molar-refractivity contribution >= 4 is 12.0 Å². The molecule has 8 heteroatoms. The number of methoxy groups -OCH3 is 2. The van der Waals surface area contributed by atoms with Crippen LogP contribution in [0.4, 0.5) is 0 Å². The lowest BCUT2D eigenvalue weighted by Gasteiger charge is -2.09. The first-order valence-corrected chi connectivity index (χ1v) is 7.70. The molecule has 0 unspecified atom stereocenters. The quantitative estimate of drug-likeness (QED) is 0.561.